The van der Waals surface area contributed by atoms with E-state index in [1.165, 1.54) is 6.07 Å². The van der Waals surface area contributed by atoms with E-state index < -0.39 is 0 Å². The molecule has 0 fully saturated rings. The molecule has 20 heavy (non-hydrogen) atoms. The summed E-state index contributed by atoms with van der Waals surface area (Å²) in [5.41, 5.74) is 2.72. The summed E-state index contributed by atoms with van der Waals surface area (Å²) >= 11 is 0. The SMILES string of the molecule is Cc1cc(C)n(-c2nc(-c3ccccn3)cc(=O)[nH]2)n1. The van der Waals surface area contributed by atoms with Gasteiger partial charge >= 0.3 is 0 Å². The zero-order valence-corrected chi connectivity index (χ0v) is 11.2. The molecule has 0 unspecified atom stereocenters. The molecule has 6 nitrogen and oxygen atoms in total. The predicted molar refractivity (Wildman–Crippen MR) is 74.7 cm³/mol. The number of nitrogens with zero attached hydrogens (tertiary/aromatic N) is 4. The summed E-state index contributed by atoms with van der Waals surface area (Å²) in [6.45, 7) is 3.80. The molecule has 0 bridgehead atoms. The van der Waals surface area contributed by atoms with Gasteiger partial charge in [-0.15, -0.1) is 0 Å². The van der Waals surface area contributed by atoms with Crippen molar-refractivity contribution in [2.45, 2.75) is 13.8 Å². The molecule has 3 heterocycles. The second kappa shape index (κ2) is 4.73. The van der Waals surface area contributed by atoms with Gasteiger partial charge in [0.1, 0.15) is 0 Å². The van der Waals surface area contributed by atoms with Gasteiger partial charge in [-0.3, -0.25) is 14.8 Å². The first-order valence-electron chi connectivity index (χ1n) is 6.20. The number of aromatic amines is 1. The van der Waals surface area contributed by atoms with Gasteiger partial charge < -0.3 is 0 Å². The van der Waals surface area contributed by atoms with Crippen LogP contribution in [0.4, 0.5) is 0 Å². The fourth-order valence-electron chi connectivity index (χ4n) is 2.03. The summed E-state index contributed by atoms with van der Waals surface area (Å²) in [4.78, 5) is 23.1. The number of pyridine rings is 1. The highest BCUT2D eigenvalue weighted by atomic mass is 16.1. The first-order chi connectivity index (χ1) is 9.63. The third-order valence-electron chi connectivity index (χ3n) is 2.87. The van der Waals surface area contributed by atoms with Crippen LogP contribution in [0.25, 0.3) is 17.3 Å². The van der Waals surface area contributed by atoms with Crippen LogP contribution in [0.1, 0.15) is 11.4 Å². The average Bonchev–Trinajstić information content (AvgIpc) is 2.78. The highest BCUT2D eigenvalue weighted by Gasteiger charge is 2.09. The highest BCUT2D eigenvalue weighted by Crippen LogP contribution is 2.13. The number of rotatable bonds is 2. The van der Waals surface area contributed by atoms with Crippen molar-refractivity contribution in [2.24, 2.45) is 0 Å². The van der Waals surface area contributed by atoms with Gasteiger partial charge in [-0.25, -0.2) is 9.67 Å². The van der Waals surface area contributed by atoms with Crippen molar-refractivity contribution >= 4 is 0 Å². The molecule has 1 N–H and O–H groups in total. The molecule has 0 atom stereocenters. The van der Waals surface area contributed by atoms with E-state index in [2.05, 4.69) is 20.1 Å². The zero-order valence-electron chi connectivity index (χ0n) is 11.2. The molecule has 3 aromatic heterocycles. The lowest BCUT2D eigenvalue weighted by molar-refractivity contribution is 0.769. The third kappa shape index (κ3) is 2.23. The summed E-state index contributed by atoms with van der Waals surface area (Å²) in [6, 6.07) is 8.84. The first kappa shape index (κ1) is 12.3. The minimum Gasteiger partial charge on any atom is -0.291 e. The lowest BCUT2D eigenvalue weighted by Crippen LogP contribution is -2.14. The number of aromatic nitrogens is 5. The minimum absolute atomic E-state index is 0.233. The number of nitrogens with one attached hydrogen (secondary N) is 1. The summed E-state index contributed by atoms with van der Waals surface area (Å²) in [5, 5.41) is 4.32. The molecule has 6 heteroatoms. The quantitative estimate of drug-likeness (QED) is 0.765. The third-order valence-corrected chi connectivity index (χ3v) is 2.87. The molecule has 0 aliphatic rings. The Bertz CT molecular complexity index is 804. The van der Waals surface area contributed by atoms with Gasteiger partial charge in [0.05, 0.1) is 17.1 Å². The normalized spacial score (nSPS) is 10.7. The van der Waals surface area contributed by atoms with Crippen molar-refractivity contribution in [1.29, 1.82) is 0 Å². The van der Waals surface area contributed by atoms with Crippen LogP contribution < -0.4 is 5.56 Å². The van der Waals surface area contributed by atoms with Crippen LogP contribution in [0, 0.1) is 13.8 Å². The molecular formula is C14H13N5O. The van der Waals surface area contributed by atoms with Crippen molar-refractivity contribution in [2.75, 3.05) is 0 Å². The molecule has 0 radical (unpaired) electrons. The Morgan fingerprint density at radius 2 is 2.00 bits per heavy atom. The second-order valence-corrected chi connectivity index (χ2v) is 4.51. The van der Waals surface area contributed by atoms with E-state index in [1.54, 1.807) is 10.9 Å². The van der Waals surface area contributed by atoms with E-state index in [1.807, 2.05) is 38.1 Å². The van der Waals surface area contributed by atoms with Crippen molar-refractivity contribution in [1.82, 2.24) is 24.7 Å². The maximum atomic E-state index is 11.8. The van der Waals surface area contributed by atoms with Crippen LogP contribution in [0.2, 0.25) is 0 Å². The molecule has 0 amide bonds. The van der Waals surface area contributed by atoms with E-state index >= 15 is 0 Å². The standard InChI is InChI=1S/C14H13N5O/c1-9-7-10(2)19(18-9)14-16-12(8-13(20)17-14)11-5-3-4-6-15-11/h3-8H,1-2H3,(H,16,17,20). The lowest BCUT2D eigenvalue weighted by atomic mass is 10.2. The van der Waals surface area contributed by atoms with Crippen molar-refractivity contribution in [3.8, 4) is 17.3 Å². The molecule has 100 valence electrons. The van der Waals surface area contributed by atoms with Crippen LogP contribution in [0.5, 0.6) is 0 Å². The van der Waals surface area contributed by atoms with Gasteiger partial charge in [-0.1, -0.05) is 6.07 Å². The number of hydrogen-bond donors (Lipinski definition) is 1. The number of hydrogen-bond acceptors (Lipinski definition) is 4. The van der Waals surface area contributed by atoms with Crippen LogP contribution in [0.3, 0.4) is 0 Å². The lowest BCUT2D eigenvalue weighted by Gasteiger charge is -2.05. The maximum Gasteiger partial charge on any atom is 0.252 e. The molecule has 0 saturated carbocycles. The van der Waals surface area contributed by atoms with Crippen molar-refractivity contribution < 1.29 is 0 Å². The highest BCUT2D eigenvalue weighted by molar-refractivity contribution is 5.53. The van der Waals surface area contributed by atoms with Crippen molar-refractivity contribution in [3.05, 3.63) is 58.3 Å². The number of H-pyrrole nitrogens is 1. The summed E-state index contributed by atoms with van der Waals surface area (Å²) in [7, 11) is 0. The molecule has 3 rings (SSSR count). The van der Waals surface area contributed by atoms with Crippen LogP contribution in [-0.4, -0.2) is 24.7 Å². The monoisotopic (exact) mass is 267 g/mol. The van der Waals surface area contributed by atoms with Crippen LogP contribution in [-0.2, 0) is 0 Å². The van der Waals surface area contributed by atoms with E-state index in [0.717, 1.165) is 11.4 Å². The average molecular weight is 267 g/mol. The van der Waals surface area contributed by atoms with Crippen LogP contribution >= 0.6 is 0 Å². The van der Waals surface area contributed by atoms with Gasteiger partial charge in [-0.05, 0) is 32.0 Å². The smallest absolute Gasteiger partial charge is 0.252 e. The van der Waals surface area contributed by atoms with E-state index in [9.17, 15) is 4.79 Å². The Labute approximate surface area is 115 Å². The van der Waals surface area contributed by atoms with Gasteiger partial charge in [0.15, 0.2) is 0 Å². The van der Waals surface area contributed by atoms with E-state index in [0.29, 0.717) is 17.3 Å². The topological polar surface area (TPSA) is 76.5 Å². The van der Waals surface area contributed by atoms with E-state index in [4.69, 9.17) is 0 Å². The molecule has 0 saturated heterocycles. The van der Waals surface area contributed by atoms with Crippen molar-refractivity contribution in [3.63, 3.8) is 0 Å². The Balaban J connectivity index is 2.17. The molecule has 0 aliphatic carbocycles. The maximum absolute atomic E-state index is 11.8. The van der Waals surface area contributed by atoms with Gasteiger partial charge in [0.25, 0.3) is 5.56 Å². The fourth-order valence-corrected chi connectivity index (χ4v) is 2.03. The van der Waals surface area contributed by atoms with Gasteiger partial charge in [0, 0.05) is 18.0 Å². The molecule has 0 aliphatic heterocycles. The van der Waals surface area contributed by atoms with Gasteiger partial charge in [-0.2, -0.15) is 5.10 Å². The Morgan fingerprint density at radius 1 is 1.15 bits per heavy atom. The second-order valence-electron chi connectivity index (χ2n) is 4.51. The van der Waals surface area contributed by atoms with Crippen LogP contribution in [0.15, 0.2) is 41.3 Å². The molecule has 3 aromatic rings. The fraction of sp³-hybridized carbons (Fsp3) is 0.143. The minimum atomic E-state index is -0.233. The Kier molecular flexibility index (Phi) is 2.90. The largest absolute Gasteiger partial charge is 0.291 e. The predicted octanol–water partition coefficient (Wildman–Crippen LogP) is 1.63. The number of aryl methyl sites for hydroxylation is 2. The summed E-state index contributed by atoms with van der Waals surface area (Å²) in [6.07, 6.45) is 1.67. The van der Waals surface area contributed by atoms with Gasteiger partial charge in [0.2, 0.25) is 5.95 Å². The summed E-state index contributed by atoms with van der Waals surface area (Å²) < 4.78 is 1.61. The Morgan fingerprint density at radius 3 is 2.65 bits per heavy atom. The molecule has 0 aromatic carbocycles. The molecular weight excluding hydrogens is 254 g/mol. The summed E-state index contributed by atoms with van der Waals surface area (Å²) in [5.74, 6) is 0.392. The first-order valence-corrected chi connectivity index (χ1v) is 6.20. The zero-order chi connectivity index (χ0) is 14.1. The Hall–Kier alpha value is -2.76. The van der Waals surface area contributed by atoms with E-state index in [-0.39, 0.29) is 5.56 Å². The molecule has 0 spiro atoms.